The molecule has 2 aromatic heterocycles. The van der Waals surface area contributed by atoms with Crippen molar-refractivity contribution < 1.29 is 14.3 Å². The van der Waals surface area contributed by atoms with E-state index >= 15 is 0 Å². The minimum atomic E-state index is -0.338. The third kappa shape index (κ3) is 4.67. The fraction of sp³-hybridized carbons (Fsp3) is 0.0833. The van der Waals surface area contributed by atoms with Crippen molar-refractivity contribution in [2.24, 2.45) is 5.10 Å². The molecule has 1 amide bonds. The number of aromatic nitrogens is 2. The smallest absolute Gasteiger partial charge is 0.271 e. The Kier molecular flexibility index (Phi) is 5.84. The van der Waals surface area contributed by atoms with E-state index in [9.17, 15) is 4.79 Å². The van der Waals surface area contributed by atoms with E-state index in [1.165, 1.54) is 6.21 Å². The molecule has 0 atom stereocenters. The number of hydrazone groups is 1. The van der Waals surface area contributed by atoms with Crippen molar-refractivity contribution >= 4 is 23.0 Å². The summed E-state index contributed by atoms with van der Waals surface area (Å²) >= 11 is 0. The number of fused-ring (bicyclic) bond motifs is 1. The second kappa shape index (κ2) is 9.04. The Morgan fingerprint density at radius 2 is 1.84 bits per heavy atom. The molecular formula is C24H20N4O3. The molecule has 0 bridgehead atoms. The quantitative estimate of drug-likeness (QED) is 0.372. The number of nitrogens with one attached hydrogen (secondary N) is 1. The summed E-state index contributed by atoms with van der Waals surface area (Å²) in [6, 6.07) is 18.4. The maximum atomic E-state index is 12.2. The number of methoxy groups -OCH3 is 1. The number of carbonyl (C=O) groups excluding carboxylic acids is 1. The first-order valence-electron chi connectivity index (χ1n) is 9.60. The molecule has 0 aliphatic heterocycles. The molecule has 0 spiro atoms. The van der Waals surface area contributed by atoms with Crippen molar-refractivity contribution in [3.63, 3.8) is 0 Å². The second-order valence-corrected chi connectivity index (χ2v) is 6.76. The van der Waals surface area contributed by atoms with Gasteiger partial charge in [0.25, 0.3) is 5.91 Å². The Hall–Kier alpha value is -4.26. The zero-order valence-electron chi connectivity index (χ0n) is 17.1. The first-order chi connectivity index (χ1) is 15.1. The van der Waals surface area contributed by atoms with E-state index in [4.69, 9.17) is 9.47 Å². The summed E-state index contributed by atoms with van der Waals surface area (Å²) in [6.07, 6.45) is 4.61. The SMILES string of the molecule is COc1cccc2cc(/C=N/NC(=O)c3ccncc3)c(Oc3ccc(C)cc3)nc12. The highest BCUT2D eigenvalue weighted by molar-refractivity contribution is 5.96. The first-order valence-corrected chi connectivity index (χ1v) is 9.60. The van der Waals surface area contributed by atoms with Crippen LogP contribution in [-0.2, 0) is 0 Å². The maximum absolute atomic E-state index is 12.2. The number of hydrogen-bond donors (Lipinski definition) is 1. The second-order valence-electron chi connectivity index (χ2n) is 6.76. The van der Waals surface area contributed by atoms with Crippen LogP contribution < -0.4 is 14.9 Å². The van der Waals surface area contributed by atoms with Crippen LogP contribution in [0.4, 0.5) is 0 Å². The van der Waals surface area contributed by atoms with Crippen LogP contribution in [0.15, 0.2) is 78.2 Å². The molecule has 0 radical (unpaired) electrons. The van der Waals surface area contributed by atoms with Crippen LogP contribution in [0.5, 0.6) is 17.4 Å². The summed E-state index contributed by atoms with van der Waals surface area (Å²) in [6.45, 7) is 2.01. The van der Waals surface area contributed by atoms with E-state index in [0.29, 0.717) is 34.0 Å². The molecule has 1 N–H and O–H groups in total. The van der Waals surface area contributed by atoms with E-state index in [2.05, 4.69) is 20.5 Å². The summed E-state index contributed by atoms with van der Waals surface area (Å²) in [5.74, 6) is 1.29. The topological polar surface area (TPSA) is 85.7 Å². The van der Waals surface area contributed by atoms with Crippen molar-refractivity contribution in [3.05, 3.63) is 89.7 Å². The molecule has 2 aromatic carbocycles. The summed E-state index contributed by atoms with van der Waals surface area (Å²) in [7, 11) is 1.60. The molecule has 2 heterocycles. The van der Waals surface area contributed by atoms with E-state index in [1.54, 1.807) is 31.6 Å². The van der Waals surface area contributed by atoms with Gasteiger partial charge in [-0.05, 0) is 43.3 Å². The lowest BCUT2D eigenvalue weighted by molar-refractivity contribution is 0.0955. The molecular weight excluding hydrogens is 392 g/mol. The third-order valence-corrected chi connectivity index (χ3v) is 4.57. The van der Waals surface area contributed by atoms with Crippen LogP contribution in [-0.4, -0.2) is 29.2 Å². The molecule has 0 saturated heterocycles. The van der Waals surface area contributed by atoms with Crippen molar-refractivity contribution in [2.75, 3.05) is 7.11 Å². The summed E-state index contributed by atoms with van der Waals surface area (Å²) in [4.78, 5) is 20.8. The molecule has 4 rings (SSSR count). The Morgan fingerprint density at radius 1 is 1.06 bits per heavy atom. The van der Waals surface area contributed by atoms with Gasteiger partial charge in [-0.3, -0.25) is 9.78 Å². The number of para-hydroxylation sites is 1. The minimum absolute atomic E-state index is 0.338. The number of hydrogen-bond acceptors (Lipinski definition) is 6. The van der Waals surface area contributed by atoms with Crippen molar-refractivity contribution in [2.45, 2.75) is 6.92 Å². The summed E-state index contributed by atoms with van der Waals surface area (Å²) in [5, 5.41) is 4.95. The van der Waals surface area contributed by atoms with E-state index in [-0.39, 0.29) is 5.91 Å². The first kappa shape index (κ1) is 20.0. The van der Waals surface area contributed by atoms with Gasteiger partial charge in [0.05, 0.1) is 18.9 Å². The fourth-order valence-electron chi connectivity index (χ4n) is 2.96. The normalized spacial score (nSPS) is 10.9. The lowest BCUT2D eigenvalue weighted by Gasteiger charge is -2.11. The highest BCUT2D eigenvalue weighted by Gasteiger charge is 2.12. The number of pyridine rings is 2. The predicted molar refractivity (Wildman–Crippen MR) is 119 cm³/mol. The standard InChI is InChI=1S/C24H20N4O3/c1-16-6-8-20(9-7-16)31-24-19(14-18-4-3-5-21(30-2)22(18)27-24)15-26-28-23(29)17-10-12-25-13-11-17/h3-15H,1-2H3,(H,28,29)/b26-15+. The molecule has 31 heavy (non-hydrogen) atoms. The van der Waals surface area contributed by atoms with Gasteiger partial charge in [-0.15, -0.1) is 0 Å². The fourth-order valence-corrected chi connectivity index (χ4v) is 2.96. The van der Waals surface area contributed by atoms with Crippen molar-refractivity contribution in [1.29, 1.82) is 0 Å². The predicted octanol–water partition coefficient (Wildman–Crippen LogP) is 4.50. The zero-order valence-corrected chi connectivity index (χ0v) is 17.1. The van der Waals surface area contributed by atoms with Gasteiger partial charge >= 0.3 is 0 Å². The zero-order chi connectivity index (χ0) is 21.6. The minimum Gasteiger partial charge on any atom is -0.494 e. The molecule has 0 aliphatic carbocycles. The third-order valence-electron chi connectivity index (χ3n) is 4.57. The highest BCUT2D eigenvalue weighted by atomic mass is 16.5. The molecule has 0 saturated carbocycles. The Labute approximate surface area is 179 Å². The molecule has 4 aromatic rings. The molecule has 154 valence electrons. The van der Waals surface area contributed by atoms with Crippen LogP contribution >= 0.6 is 0 Å². The molecule has 0 aliphatic rings. The van der Waals surface area contributed by atoms with Crippen LogP contribution in [0.1, 0.15) is 21.5 Å². The van der Waals surface area contributed by atoms with E-state index < -0.39 is 0 Å². The van der Waals surface area contributed by atoms with Gasteiger partial charge in [-0.25, -0.2) is 10.4 Å². The number of ether oxygens (including phenoxy) is 2. The van der Waals surface area contributed by atoms with Crippen LogP contribution in [0, 0.1) is 6.92 Å². The van der Waals surface area contributed by atoms with E-state index in [0.717, 1.165) is 10.9 Å². The Morgan fingerprint density at radius 3 is 2.58 bits per heavy atom. The van der Waals surface area contributed by atoms with Gasteiger partial charge in [0, 0.05) is 23.3 Å². The maximum Gasteiger partial charge on any atom is 0.271 e. The average molecular weight is 412 g/mol. The van der Waals surface area contributed by atoms with Gasteiger partial charge < -0.3 is 9.47 Å². The molecule has 0 unspecified atom stereocenters. The lowest BCUT2D eigenvalue weighted by atomic mass is 10.1. The average Bonchev–Trinajstić information content (AvgIpc) is 2.81. The lowest BCUT2D eigenvalue weighted by Crippen LogP contribution is -2.17. The largest absolute Gasteiger partial charge is 0.494 e. The van der Waals surface area contributed by atoms with Gasteiger partial charge in [0.2, 0.25) is 5.88 Å². The Balaban J connectivity index is 1.68. The molecule has 7 heteroatoms. The molecule has 7 nitrogen and oxygen atoms in total. The number of benzene rings is 2. The highest BCUT2D eigenvalue weighted by Crippen LogP contribution is 2.30. The molecule has 0 fully saturated rings. The number of aryl methyl sites for hydroxylation is 1. The number of carbonyl (C=O) groups is 1. The monoisotopic (exact) mass is 412 g/mol. The van der Waals surface area contributed by atoms with Crippen LogP contribution in [0.25, 0.3) is 10.9 Å². The number of amides is 1. The summed E-state index contributed by atoms with van der Waals surface area (Å²) < 4.78 is 11.5. The van der Waals surface area contributed by atoms with Gasteiger partial charge in [-0.2, -0.15) is 5.10 Å². The number of rotatable bonds is 6. The summed E-state index contributed by atoms with van der Waals surface area (Å²) in [5.41, 5.74) is 5.38. The van der Waals surface area contributed by atoms with Gasteiger partial charge in [0.15, 0.2) is 0 Å². The number of nitrogens with zero attached hydrogens (tertiary/aromatic N) is 3. The van der Waals surface area contributed by atoms with Crippen LogP contribution in [0.3, 0.4) is 0 Å². The Bertz CT molecular complexity index is 1240. The van der Waals surface area contributed by atoms with Gasteiger partial charge in [-0.1, -0.05) is 29.8 Å². The van der Waals surface area contributed by atoms with Crippen molar-refractivity contribution in [3.8, 4) is 17.4 Å². The van der Waals surface area contributed by atoms with Gasteiger partial charge in [0.1, 0.15) is 17.0 Å². The van der Waals surface area contributed by atoms with Crippen molar-refractivity contribution in [1.82, 2.24) is 15.4 Å². The van der Waals surface area contributed by atoms with Crippen LogP contribution in [0.2, 0.25) is 0 Å². The van der Waals surface area contributed by atoms with E-state index in [1.807, 2.05) is 55.5 Å².